The summed E-state index contributed by atoms with van der Waals surface area (Å²) in [6.07, 6.45) is 7.90. The van der Waals surface area contributed by atoms with Gasteiger partial charge in [0.1, 0.15) is 23.1 Å². The van der Waals surface area contributed by atoms with Crippen molar-refractivity contribution in [3.8, 4) is 11.4 Å². The van der Waals surface area contributed by atoms with Crippen LogP contribution in [0.5, 0.6) is 5.75 Å². The lowest BCUT2D eigenvalue weighted by Gasteiger charge is -2.29. The van der Waals surface area contributed by atoms with E-state index in [0.29, 0.717) is 24.7 Å². The summed E-state index contributed by atoms with van der Waals surface area (Å²) in [5.41, 5.74) is -1.51. The van der Waals surface area contributed by atoms with Crippen LogP contribution in [0.3, 0.4) is 0 Å². The Morgan fingerprint density at radius 3 is 2.68 bits per heavy atom. The summed E-state index contributed by atoms with van der Waals surface area (Å²) in [7, 11) is 0. The summed E-state index contributed by atoms with van der Waals surface area (Å²) in [4.78, 5) is 25.9. The van der Waals surface area contributed by atoms with Gasteiger partial charge in [0.15, 0.2) is 0 Å². The third-order valence-electron chi connectivity index (χ3n) is 6.80. The van der Waals surface area contributed by atoms with Gasteiger partial charge in [0.05, 0.1) is 17.3 Å². The first-order valence-electron chi connectivity index (χ1n) is 12.3. The van der Waals surface area contributed by atoms with E-state index < -0.39 is 17.3 Å². The van der Waals surface area contributed by atoms with Gasteiger partial charge in [0.2, 0.25) is 0 Å². The number of nitrogens with one attached hydrogen (secondary N) is 1. The number of hydrogen-bond donors (Lipinski definition) is 2. The molecule has 186 valence electrons. The Bertz CT molecular complexity index is 1100. The SMILES string of the molecule is C[C@H](Oc1cc(-n2nc3n(c2=O)CCCC3)c(F)cc1C(=O)NCC(C)(C)O)C1CCCCC1. The fourth-order valence-electron chi connectivity index (χ4n) is 4.83. The molecule has 1 saturated carbocycles. The molecule has 34 heavy (non-hydrogen) atoms. The third kappa shape index (κ3) is 5.35. The zero-order valence-corrected chi connectivity index (χ0v) is 20.3. The fraction of sp³-hybridized carbons (Fsp3) is 0.640. The topological polar surface area (TPSA) is 98.4 Å². The highest BCUT2D eigenvalue weighted by Crippen LogP contribution is 2.32. The molecule has 2 N–H and O–H groups in total. The van der Waals surface area contributed by atoms with E-state index in [1.807, 2.05) is 6.92 Å². The van der Waals surface area contributed by atoms with Gasteiger partial charge in [0, 0.05) is 25.6 Å². The standard InChI is InChI=1S/C25H35FN4O4/c1-16(17-9-5-4-6-10-17)34-21-14-20(30-24(32)29-12-8-7-11-22(29)28-30)19(26)13-18(21)23(31)27-15-25(2,3)33/h13-14,16-17,33H,4-12,15H2,1-3H3,(H,27,31)/t16-/m0/s1. The zero-order valence-electron chi connectivity index (χ0n) is 20.3. The smallest absolute Gasteiger partial charge is 0.350 e. The number of carbonyl (C=O) groups excluding carboxylic acids is 1. The minimum atomic E-state index is -1.12. The first kappa shape index (κ1) is 24.4. The molecule has 1 amide bonds. The first-order chi connectivity index (χ1) is 16.1. The lowest BCUT2D eigenvalue weighted by Crippen LogP contribution is -2.38. The van der Waals surface area contributed by atoms with E-state index in [4.69, 9.17) is 4.74 Å². The maximum absolute atomic E-state index is 15.3. The number of rotatable bonds is 7. The van der Waals surface area contributed by atoms with Crippen LogP contribution >= 0.6 is 0 Å². The first-order valence-corrected chi connectivity index (χ1v) is 12.3. The molecule has 1 fully saturated rings. The Balaban J connectivity index is 1.71. The second kappa shape index (κ2) is 9.90. The van der Waals surface area contributed by atoms with E-state index in [0.717, 1.165) is 49.3 Å². The predicted molar refractivity (Wildman–Crippen MR) is 126 cm³/mol. The fourth-order valence-corrected chi connectivity index (χ4v) is 4.83. The van der Waals surface area contributed by atoms with Gasteiger partial charge in [-0.3, -0.25) is 9.36 Å². The normalized spacial score (nSPS) is 17.8. The van der Waals surface area contributed by atoms with Crippen LogP contribution in [0, 0.1) is 11.7 Å². The number of aliphatic hydroxyl groups is 1. The summed E-state index contributed by atoms with van der Waals surface area (Å²) >= 11 is 0. The highest BCUT2D eigenvalue weighted by Gasteiger charge is 2.27. The van der Waals surface area contributed by atoms with Crippen molar-refractivity contribution < 1.29 is 19.0 Å². The van der Waals surface area contributed by atoms with Gasteiger partial charge in [-0.15, -0.1) is 5.10 Å². The third-order valence-corrected chi connectivity index (χ3v) is 6.80. The molecular weight excluding hydrogens is 439 g/mol. The average Bonchev–Trinajstić information content (AvgIpc) is 3.14. The molecule has 8 nitrogen and oxygen atoms in total. The lowest BCUT2D eigenvalue weighted by molar-refractivity contribution is 0.0687. The van der Waals surface area contributed by atoms with E-state index in [1.165, 1.54) is 12.5 Å². The molecule has 0 radical (unpaired) electrons. The average molecular weight is 475 g/mol. The van der Waals surface area contributed by atoms with Crippen molar-refractivity contribution in [2.75, 3.05) is 6.54 Å². The number of carbonyl (C=O) groups is 1. The minimum absolute atomic E-state index is 0.0000463. The van der Waals surface area contributed by atoms with Crippen LogP contribution < -0.4 is 15.7 Å². The second-order valence-corrected chi connectivity index (χ2v) is 10.2. The number of nitrogens with zero attached hydrogens (tertiary/aromatic N) is 3. The van der Waals surface area contributed by atoms with E-state index in [-0.39, 0.29) is 35.3 Å². The molecule has 0 bridgehead atoms. The van der Waals surface area contributed by atoms with E-state index in [1.54, 1.807) is 18.4 Å². The van der Waals surface area contributed by atoms with Crippen molar-refractivity contribution in [2.24, 2.45) is 5.92 Å². The lowest BCUT2D eigenvalue weighted by atomic mass is 9.86. The largest absolute Gasteiger partial charge is 0.490 e. The summed E-state index contributed by atoms with van der Waals surface area (Å²) in [6.45, 7) is 5.69. The van der Waals surface area contributed by atoms with E-state index >= 15 is 4.39 Å². The monoisotopic (exact) mass is 474 g/mol. The van der Waals surface area contributed by atoms with Gasteiger partial charge in [-0.2, -0.15) is 4.68 Å². The molecule has 1 atom stereocenters. The molecule has 0 saturated heterocycles. The van der Waals surface area contributed by atoms with Gasteiger partial charge in [-0.1, -0.05) is 19.3 Å². The summed E-state index contributed by atoms with van der Waals surface area (Å²) in [5.74, 6) is -0.0861. The Morgan fingerprint density at radius 2 is 2.00 bits per heavy atom. The molecule has 0 spiro atoms. The molecule has 2 aromatic rings. The Kier molecular flexibility index (Phi) is 7.12. The van der Waals surface area contributed by atoms with Crippen LogP contribution in [0.4, 0.5) is 4.39 Å². The maximum Gasteiger partial charge on any atom is 0.350 e. The van der Waals surface area contributed by atoms with Gasteiger partial charge < -0.3 is 15.2 Å². The number of benzene rings is 1. The zero-order chi connectivity index (χ0) is 24.5. The van der Waals surface area contributed by atoms with Gasteiger partial charge in [-0.05, 0) is 58.4 Å². The predicted octanol–water partition coefficient (Wildman–Crippen LogP) is 3.36. The van der Waals surface area contributed by atoms with E-state index in [9.17, 15) is 14.7 Å². The van der Waals surface area contributed by atoms with Gasteiger partial charge >= 0.3 is 5.69 Å². The van der Waals surface area contributed by atoms with Crippen molar-refractivity contribution in [1.29, 1.82) is 0 Å². The van der Waals surface area contributed by atoms with Crippen LogP contribution in [0.2, 0.25) is 0 Å². The molecule has 1 aliphatic carbocycles. The molecule has 2 heterocycles. The number of ether oxygens (including phenoxy) is 1. The van der Waals surface area contributed by atoms with Crippen molar-refractivity contribution >= 4 is 5.91 Å². The number of amides is 1. The molecule has 4 rings (SSSR count). The quantitative estimate of drug-likeness (QED) is 0.641. The minimum Gasteiger partial charge on any atom is -0.490 e. The van der Waals surface area contributed by atoms with Crippen LogP contribution in [-0.4, -0.2) is 43.6 Å². The van der Waals surface area contributed by atoms with Crippen molar-refractivity contribution in [2.45, 2.75) is 90.4 Å². The van der Waals surface area contributed by atoms with Gasteiger partial charge in [-0.25, -0.2) is 9.18 Å². The van der Waals surface area contributed by atoms with Crippen LogP contribution in [0.15, 0.2) is 16.9 Å². The number of aromatic nitrogens is 3. The molecule has 0 unspecified atom stereocenters. The summed E-state index contributed by atoms with van der Waals surface area (Å²) < 4.78 is 24.2. The van der Waals surface area contributed by atoms with Crippen LogP contribution in [0.25, 0.3) is 5.69 Å². The highest BCUT2D eigenvalue weighted by molar-refractivity contribution is 5.97. The number of fused-ring (bicyclic) bond motifs is 1. The van der Waals surface area contributed by atoms with Crippen molar-refractivity contribution in [3.05, 3.63) is 39.8 Å². The van der Waals surface area contributed by atoms with Crippen molar-refractivity contribution in [3.63, 3.8) is 0 Å². The van der Waals surface area contributed by atoms with Gasteiger partial charge in [0.25, 0.3) is 5.91 Å². The molecular formula is C25H35FN4O4. The Morgan fingerprint density at radius 1 is 1.26 bits per heavy atom. The number of hydrogen-bond acceptors (Lipinski definition) is 5. The maximum atomic E-state index is 15.3. The summed E-state index contributed by atoms with van der Waals surface area (Å²) in [5, 5.41) is 17.0. The van der Waals surface area contributed by atoms with E-state index in [2.05, 4.69) is 10.4 Å². The molecule has 1 aliphatic heterocycles. The number of aryl methyl sites for hydroxylation is 1. The summed E-state index contributed by atoms with van der Waals surface area (Å²) in [6, 6.07) is 2.51. The second-order valence-electron chi connectivity index (χ2n) is 10.2. The number of halogens is 1. The van der Waals surface area contributed by atoms with Crippen LogP contribution in [-0.2, 0) is 13.0 Å². The molecule has 9 heteroatoms. The molecule has 1 aromatic heterocycles. The van der Waals surface area contributed by atoms with Crippen molar-refractivity contribution in [1.82, 2.24) is 19.7 Å². The van der Waals surface area contributed by atoms with Crippen LogP contribution in [0.1, 0.15) is 81.9 Å². The Hall–Kier alpha value is -2.68. The highest BCUT2D eigenvalue weighted by atomic mass is 19.1. The molecule has 2 aliphatic rings. The molecule has 1 aromatic carbocycles. The Labute approximate surface area is 199 Å².